The van der Waals surface area contributed by atoms with Gasteiger partial charge >= 0.3 is 0 Å². The van der Waals surface area contributed by atoms with Crippen LogP contribution >= 0.6 is 11.3 Å². The van der Waals surface area contributed by atoms with Crippen LogP contribution in [0.4, 0.5) is 4.39 Å². The Morgan fingerprint density at radius 3 is 2.62 bits per heavy atom. The van der Waals surface area contributed by atoms with Gasteiger partial charge in [-0.1, -0.05) is 23.5 Å². The van der Waals surface area contributed by atoms with Gasteiger partial charge in [0.05, 0.1) is 15.1 Å². The summed E-state index contributed by atoms with van der Waals surface area (Å²) in [6, 6.07) is 9.70. The molecule has 1 saturated heterocycles. The number of aromatic nitrogens is 1. The molecule has 4 rings (SSSR count). The Bertz CT molecular complexity index is 1260. The number of fused-ring (bicyclic) bond motifs is 1. The van der Waals surface area contributed by atoms with Crippen LogP contribution in [0.3, 0.4) is 0 Å². The highest BCUT2D eigenvalue weighted by molar-refractivity contribution is 7.89. The molecule has 3 aromatic rings. The van der Waals surface area contributed by atoms with Crippen molar-refractivity contribution in [3.05, 3.63) is 58.6 Å². The number of amides is 1. The zero-order valence-corrected chi connectivity index (χ0v) is 17.6. The lowest BCUT2D eigenvalue weighted by Crippen LogP contribution is -2.40. The highest BCUT2D eigenvalue weighted by Gasteiger charge is 2.39. The average Bonchev–Trinajstić information content (AvgIpc) is 3.29. The van der Waals surface area contributed by atoms with E-state index >= 15 is 0 Å². The maximum absolute atomic E-state index is 13.2. The van der Waals surface area contributed by atoms with Crippen LogP contribution in [0.2, 0.25) is 0 Å². The van der Waals surface area contributed by atoms with Crippen LogP contribution in [0.15, 0.2) is 52.4 Å². The van der Waals surface area contributed by atoms with Crippen molar-refractivity contribution >= 4 is 37.5 Å². The van der Waals surface area contributed by atoms with Crippen LogP contribution in [0.25, 0.3) is 10.2 Å². The predicted molar refractivity (Wildman–Crippen MR) is 109 cm³/mol. The number of hydrogen-bond acceptors (Lipinski definition) is 4. The van der Waals surface area contributed by atoms with E-state index in [0.29, 0.717) is 17.6 Å². The van der Waals surface area contributed by atoms with Gasteiger partial charge in [0.25, 0.3) is 5.91 Å². The van der Waals surface area contributed by atoms with Crippen molar-refractivity contribution in [1.29, 1.82) is 0 Å². The van der Waals surface area contributed by atoms with Crippen molar-refractivity contribution in [1.82, 2.24) is 8.87 Å². The summed E-state index contributed by atoms with van der Waals surface area (Å²) in [6.07, 6.45) is 0.987. The summed E-state index contributed by atoms with van der Waals surface area (Å²) in [7, 11) is -2.05. The van der Waals surface area contributed by atoms with Crippen LogP contribution in [-0.4, -0.2) is 35.8 Å². The van der Waals surface area contributed by atoms with Gasteiger partial charge in [-0.25, -0.2) is 12.8 Å². The molecule has 2 aromatic carbocycles. The molecule has 1 unspecified atom stereocenters. The predicted octanol–water partition coefficient (Wildman–Crippen LogP) is 2.97. The zero-order chi connectivity index (χ0) is 20.8. The van der Waals surface area contributed by atoms with Gasteiger partial charge in [-0.15, -0.1) is 0 Å². The first-order valence-electron chi connectivity index (χ1n) is 9.20. The van der Waals surface area contributed by atoms with E-state index in [1.54, 1.807) is 0 Å². The Balaban J connectivity index is 1.70. The number of thiazole rings is 1. The van der Waals surface area contributed by atoms with Crippen molar-refractivity contribution < 1.29 is 17.6 Å². The molecule has 2 heterocycles. The molecule has 29 heavy (non-hydrogen) atoms. The third kappa shape index (κ3) is 3.54. The molecule has 0 N–H and O–H groups in total. The number of benzene rings is 2. The van der Waals surface area contributed by atoms with Crippen LogP contribution in [-0.2, 0) is 21.9 Å². The van der Waals surface area contributed by atoms with Gasteiger partial charge in [-0.2, -0.15) is 9.30 Å². The molecule has 6 nitrogen and oxygen atoms in total. The first-order chi connectivity index (χ1) is 13.8. The molecule has 1 aromatic heterocycles. The minimum Gasteiger partial charge on any atom is -0.319 e. The zero-order valence-electron chi connectivity index (χ0n) is 16.0. The van der Waals surface area contributed by atoms with E-state index in [0.717, 1.165) is 27.9 Å². The highest BCUT2D eigenvalue weighted by atomic mass is 32.2. The number of aryl methyl sites for hydroxylation is 2. The summed E-state index contributed by atoms with van der Waals surface area (Å²) in [5, 5.41) is 0. The first-order valence-corrected chi connectivity index (χ1v) is 11.5. The Morgan fingerprint density at radius 1 is 1.21 bits per heavy atom. The van der Waals surface area contributed by atoms with Crippen molar-refractivity contribution in [2.24, 2.45) is 12.0 Å². The van der Waals surface area contributed by atoms with Gasteiger partial charge in [-0.3, -0.25) is 4.79 Å². The number of sulfonamides is 1. The van der Waals surface area contributed by atoms with E-state index in [4.69, 9.17) is 0 Å². The van der Waals surface area contributed by atoms with Gasteiger partial charge in [0, 0.05) is 13.6 Å². The number of rotatable bonds is 3. The summed E-state index contributed by atoms with van der Waals surface area (Å²) in [4.78, 5) is 17.7. The van der Waals surface area contributed by atoms with Crippen molar-refractivity contribution in [2.45, 2.75) is 30.7 Å². The van der Waals surface area contributed by atoms with Crippen LogP contribution < -0.4 is 4.80 Å². The number of para-hydroxylation sites is 1. The Labute approximate surface area is 172 Å². The topological polar surface area (TPSA) is 71.7 Å². The number of hydrogen-bond donors (Lipinski definition) is 0. The lowest BCUT2D eigenvalue weighted by atomic mass is 10.2. The maximum Gasteiger partial charge on any atom is 0.266 e. The van der Waals surface area contributed by atoms with Crippen LogP contribution in [0.5, 0.6) is 0 Å². The normalized spacial score (nSPS) is 18.6. The number of carbonyl (C=O) groups is 1. The fraction of sp³-hybridized carbons (Fsp3) is 0.300. The molecule has 0 bridgehead atoms. The molecule has 9 heteroatoms. The van der Waals surface area contributed by atoms with E-state index in [9.17, 15) is 17.6 Å². The van der Waals surface area contributed by atoms with Crippen molar-refractivity contribution in [2.75, 3.05) is 6.54 Å². The molecule has 1 aliphatic rings. The SMILES string of the molecule is Cc1cccc2sc(=NC(=O)C3CCCN3S(=O)(=O)c3ccc(F)cc3)n(C)c12. The molecular formula is C20H20FN3O3S2. The largest absolute Gasteiger partial charge is 0.319 e. The highest BCUT2D eigenvalue weighted by Crippen LogP contribution is 2.27. The van der Waals surface area contributed by atoms with E-state index < -0.39 is 27.8 Å². The molecule has 0 saturated carbocycles. The molecule has 1 atom stereocenters. The van der Waals surface area contributed by atoms with Crippen molar-refractivity contribution in [3.63, 3.8) is 0 Å². The lowest BCUT2D eigenvalue weighted by molar-refractivity contribution is -0.121. The van der Waals surface area contributed by atoms with Crippen LogP contribution in [0.1, 0.15) is 18.4 Å². The van der Waals surface area contributed by atoms with E-state index in [2.05, 4.69) is 4.99 Å². The van der Waals surface area contributed by atoms with Gasteiger partial charge in [0.1, 0.15) is 11.9 Å². The third-order valence-corrected chi connectivity index (χ3v) is 8.16. The van der Waals surface area contributed by atoms with E-state index in [1.807, 2.05) is 36.7 Å². The fourth-order valence-electron chi connectivity index (χ4n) is 3.69. The second-order valence-electron chi connectivity index (χ2n) is 7.04. The van der Waals surface area contributed by atoms with Crippen LogP contribution in [0, 0.1) is 12.7 Å². The quantitative estimate of drug-likeness (QED) is 0.638. The molecular weight excluding hydrogens is 413 g/mol. The minimum absolute atomic E-state index is 0.0263. The lowest BCUT2D eigenvalue weighted by Gasteiger charge is -2.21. The average molecular weight is 434 g/mol. The number of nitrogens with zero attached hydrogens (tertiary/aromatic N) is 3. The van der Waals surface area contributed by atoms with Crippen molar-refractivity contribution in [3.8, 4) is 0 Å². The summed E-state index contributed by atoms with van der Waals surface area (Å²) >= 11 is 1.40. The Morgan fingerprint density at radius 2 is 1.93 bits per heavy atom. The second-order valence-corrected chi connectivity index (χ2v) is 9.94. The minimum atomic E-state index is -3.90. The standard InChI is InChI=1S/C20H20FN3O3S2/c1-13-5-3-7-17-18(13)23(2)20(28-17)22-19(25)16-6-4-12-24(16)29(26,27)15-10-8-14(21)9-11-15/h3,5,7-11,16H,4,6,12H2,1-2H3. The molecule has 152 valence electrons. The van der Waals surface area contributed by atoms with Gasteiger partial charge in [0.2, 0.25) is 10.0 Å². The smallest absolute Gasteiger partial charge is 0.266 e. The maximum atomic E-state index is 13.2. The van der Waals surface area contributed by atoms with Gasteiger partial charge < -0.3 is 4.57 Å². The molecule has 0 radical (unpaired) electrons. The number of halogens is 1. The van der Waals surface area contributed by atoms with Gasteiger partial charge in [0.15, 0.2) is 4.80 Å². The first kappa shape index (κ1) is 19.9. The Kier molecular flexibility index (Phi) is 5.14. The summed E-state index contributed by atoms with van der Waals surface area (Å²) < 4.78 is 43.2. The molecule has 0 spiro atoms. The fourth-order valence-corrected chi connectivity index (χ4v) is 6.44. The van der Waals surface area contributed by atoms with E-state index in [-0.39, 0.29) is 11.4 Å². The molecule has 1 fully saturated rings. The monoisotopic (exact) mass is 433 g/mol. The molecule has 1 amide bonds. The Hall–Kier alpha value is -2.36. The van der Waals surface area contributed by atoms with E-state index in [1.165, 1.54) is 27.8 Å². The molecule has 0 aliphatic carbocycles. The summed E-state index contributed by atoms with van der Waals surface area (Å²) in [5.41, 5.74) is 2.09. The van der Waals surface area contributed by atoms with Gasteiger partial charge in [-0.05, 0) is 55.7 Å². The summed E-state index contributed by atoms with van der Waals surface area (Å²) in [5.74, 6) is -0.992. The second kappa shape index (κ2) is 7.47. The molecule has 1 aliphatic heterocycles. The summed E-state index contributed by atoms with van der Waals surface area (Å²) in [6.45, 7) is 2.23. The third-order valence-electron chi connectivity index (χ3n) is 5.14. The number of carbonyl (C=O) groups excluding carboxylic acids is 1.